The predicted octanol–water partition coefficient (Wildman–Crippen LogP) is 1.60. The molecule has 0 aliphatic carbocycles. The molecule has 0 aliphatic heterocycles. The first kappa shape index (κ1) is 15.7. The van der Waals surface area contributed by atoms with Crippen LogP contribution in [0.4, 0.5) is 0 Å². The highest BCUT2D eigenvalue weighted by Gasteiger charge is 2.16. The lowest BCUT2D eigenvalue weighted by molar-refractivity contribution is -0.148. The van der Waals surface area contributed by atoms with Gasteiger partial charge in [0.1, 0.15) is 0 Å². The largest absolute Gasteiger partial charge is 0.479 e. The zero-order valence-corrected chi connectivity index (χ0v) is 12.1. The number of aryl methyl sites for hydroxylation is 1. The molecule has 0 aliphatic rings. The zero-order valence-electron chi connectivity index (χ0n) is 10.6. The van der Waals surface area contributed by atoms with E-state index in [4.69, 9.17) is 9.84 Å². The van der Waals surface area contributed by atoms with Crippen molar-refractivity contribution in [3.63, 3.8) is 0 Å². The van der Waals surface area contributed by atoms with Crippen LogP contribution in [0.5, 0.6) is 0 Å². The molecule has 0 radical (unpaired) electrons. The summed E-state index contributed by atoms with van der Waals surface area (Å²) in [5, 5.41) is 11.3. The first-order valence-corrected chi connectivity index (χ1v) is 6.59. The van der Waals surface area contributed by atoms with Gasteiger partial charge in [-0.05, 0) is 24.1 Å². The Hall–Kier alpha value is -1.40. The van der Waals surface area contributed by atoms with E-state index in [0.717, 1.165) is 10.0 Å². The Labute approximate surface area is 120 Å². The Morgan fingerprint density at radius 1 is 1.47 bits per heavy atom. The van der Waals surface area contributed by atoms with Crippen LogP contribution >= 0.6 is 15.9 Å². The molecule has 2 N–H and O–H groups in total. The molecule has 1 unspecified atom stereocenters. The molecule has 0 bridgehead atoms. The Morgan fingerprint density at radius 2 is 2.21 bits per heavy atom. The fourth-order valence-electron chi connectivity index (χ4n) is 1.52. The van der Waals surface area contributed by atoms with Crippen LogP contribution in [-0.2, 0) is 20.7 Å². The quantitative estimate of drug-likeness (QED) is 0.796. The second-order valence-corrected chi connectivity index (χ2v) is 4.91. The summed E-state index contributed by atoms with van der Waals surface area (Å²) in [6.45, 7) is -0.0247. The van der Waals surface area contributed by atoms with E-state index in [-0.39, 0.29) is 12.5 Å². The van der Waals surface area contributed by atoms with Crippen molar-refractivity contribution in [3.8, 4) is 0 Å². The summed E-state index contributed by atoms with van der Waals surface area (Å²) in [6, 6.07) is 7.71. The number of hydrogen-bond donors (Lipinski definition) is 2. The van der Waals surface area contributed by atoms with Gasteiger partial charge in [-0.2, -0.15) is 0 Å². The number of hydrogen-bond acceptors (Lipinski definition) is 3. The normalized spacial score (nSPS) is 11.9. The van der Waals surface area contributed by atoms with Crippen LogP contribution in [0.1, 0.15) is 12.0 Å². The number of benzene rings is 1. The summed E-state index contributed by atoms with van der Waals surface area (Å²) in [6.07, 6.45) is -0.0856. The Kier molecular flexibility index (Phi) is 6.52. The number of halogens is 1. The van der Waals surface area contributed by atoms with E-state index in [1.54, 1.807) is 0 Å². The summed E-state index contributed by atoms with van der Waals surface area (Å²) < 4.78 is 5.69. The summed E-state index contributed by atoms with van der Waals surface area (Å²) >= 11 is 3.36. The van der Waals surface area contributed by atoms with Gasteiger partial charge < -0.3 is 15.2 Å². The van der Waals surface area contributed by atoms with Crippen molar-refractivity contribution in [2.75, 3.05) is 13.7 Å². The molecule has 1 amide bonds. The molecule has 104 valence electrons. The minimum absolute atomic E-state index is 0.0247. The molecule has 1 atom stereocenters. The second-order valence-electron chi connectivity index (χ2n) is 4.00. The summed E-state index contributed by atoms with van der Waals surface area (Å²) in [5.41, 5.74) is 1.05. The smallest absolute Gasteiger partial charge is 0.334 e. The second kappa shape index (κ2) is 7.91. The van der Waals surface area contributed by atoms with Gasteiger partial charge in [0.2, 0.25) is 5.91 Å². The standard InChI is InChI=1S/C13H16BrNO4/c1-19-11(13(17)18)8-15-12(16)6-5-9-3-2-4-10(14)7-9/h2-4,7,11H,5-6,8H2,1H3,(H,15,16)(H,17,18). The highest BCUT2D eigenvalue weighted by atomic mass is 79.9. The number of amides is 1. The van der Waals surface area contributed by atoms with Crippen LogP contribution in [0, 0.1) is 0 Å². The number of carbonyl (C=O) groups is 2. The highest BCUT2D eigenvalue weighted by molar-refractivity contribution is 9.10. The number of nitrogens with one attached hydrogen (secondary N) is 1. The highest BCUT2D eigenvalue weighted by Crippen LogP contribution is 2.12. The van der Waals surface area contributed by atoms with Gasteiger partial charge in [0.15, 0.2) is 6.10 Å². The van der Waals surface area contributed by atoms with E-state index in [1.807, 2.05) is 24.3 Å². The van der Waals surface area contributed by atoms with Crippen LogP contribution in [0.2, 0.25) is 0 Å². The topological polar surface area (TPSA) is 75.6 Å². The number of aliphatic carboxylic acids is 1. The summed E-state index contributed by atoms with van der Waals surface area (Å²) in [4.78, 5) is 22.3. The first-order chi connectivity index (χ1) is 9.02. The zero-order chi connectivity index (χ0) is 14.3. The van der Waals surface area contributed by atoms with Crippen molar-refractivity contribution in [2.45, 2.75) is 18.9 Å². The number of carboxylic acids is 1. The fraction of sp³-hybridized carbons (Fsp3) is 0.385. The fourth-order valence-corrected chi connectivity index (χ4v) is 1.96. The average Bonchev–Trinajstić information content (AvgIpc) is 2.37. The number of rotatable bonds is 7. The van der Waals surface area contributed by atoms with E-state index in [0.29, 0.717) is 12.8 Å². The van der Waals surface area contributed by atoms with Crippen molar-refractivity contribution >= 4 is 27.8 Å². The van der Waals surface area contributed by atoms with Crippen molar-refractivity contribution < 1.29 is 19.4 Å². The minimum atomic E-state index is -1.09. The molecule has 1 aromatic carbocycles. The predicted molar refractivity (Wildman–Crippen MR) is 73.9 cm³/mol. The van der Waals surface area contributed by atoms with Gasteiger partial charge >= 0.3 is 5.97 Å². The molecule has 0 saturated carbocycles. The van der Waals surface area contributed by atoms with Gasteiger partial charge in [0.25, 0.3) is 0 Å². The Balaban J connectivity index is 2.34. The van der Waals surface area contributed by atoms with Gasteiger partial charge in [-0.25, -0.2) is 4.79 Å². The number of carbonyl (C=O) groups excluding carboxylic acids is 1. The van der Waals surface area contributed by atoms with Gasteiger partial charge in [-0.3, -0.25) is 4.79 Å². The Bertz CT molecular complexity index is 450. The molecule has 6 heteroatoms. The van der Waals surface area contributed by atoms with E-state index in [2.05, 4.69) is 21.2 Å². The molecule has 0 aromatic heterocycles. The molecule has 5 nitrogen and oxygen atoms in total. The van der Waals surface area contributed by atoms with Crippen LogP contribution in [0.15, 0.2) is 28.7 Å². The van der Waals surface area contributed by atoms with Crippen LogP contribution in [-0.4, -0.2) is 36.7 Å². The van der Waals surface area contributed by atoms with E-state index < -0.39 is 12.1 Å². The lowest BCUT2D eigenvalue weighted by atomic mass is 10.1. The average molecular weight is 330 g/mol. The monoisotopic (exact) mass is 329 g/mol. The molecule has 1 aromatic rings. The Morgan fingerprint density at radius 3 is 2.79 bits per heavy atom. The lowest BCUT2D eigenvalue weighted by Gasteiger charge is -2.11. The van der Waals surface area contributed by atoms with Gasteiger partial charge in [0, 0.05) is 18.0 Å². The molecule has 0 spiro atoms. The minimum Gasteiger partial charge on any atom is -0.479 e. The SMILES string of the molecule is COC(CNC(=O)CCc1cccc(Br)c1)C(=O)O. The maximum atomic E-state index is 11.6. The maximum absolute atomic E-state index is 11.6. The van der Waals surface area contributed by atoms with Gasteiger partial charge in [-0.1, -0.05) is 28.1 Å². The van der Waals surface area contributed by atoms with Crippen molar-refractivity contribution in [1.29, 1.82) is 0 Å². The van der Waals surface area contributed by atoms with E-state index in [9.17, 15) is 9.59 Å². The molecule has 1 rings (SSSR count). The number of ether oxygens (including phenoxy) is 1. The van der Waals surface area contributed by atoms with Crippen molar-refractivity contribution in [1.82, 2.24) is 5.32 Å². The van der Waals surface area contributed by atoms with Crippen molar-refractivity contribution in [2.24, 2.45) is 0 Å². The summed E-state index contributed by atoms with van der Waals surface area (Å²) in [7, 11) is 1.30. The maximum Gasteiger partial charge on any atom is 0.334 e. The summed E-state index contributed by atoms with van der Waals surface area (Å²) in [5.74, 6) is -1.28. The molecular weight excluding hydrogens is 314 g/mol. The van der Waals surface area contributed by atoms with E-state index in [1.165, 1.54) is 7.11 Å². The van der Waals surface area contributed by atoms with Crippen LogP contribution in [0.25, 0.3) is 0 Å². The molecule has 0 heterocycles. The van der Waals surface area contributed by atoms with Crippen molar-refractivity contribution in [3.05, 3.63) is 34.3 Å². The molecule has 0 fully saturated rings. The number of methoxy groups -OCH3 is 1. The van der Waals surface area contributed by atoms with Gasteiger partial charge in [0.05, 0.1) is 6.54 Å². The molecule has 19 heavy (non-hydrogen) atoms. The third-order valence-electron chi connectivity index (χ3n) is 2.57. The first-order valence-electron chi connectivity index (χ1n) is 5.79. The lowest BCUT2D eigenvalue weighted by Crippen LogP contribution is -2.37. The van der Waals surface area contributed by atoms with E-state index >= 15 is 0 Å². The molecular formula is C13H16BrNO4. The third-order valence-corrected chi connectivity index (χ3v) is 3.07. The molecule has 0 saturated heterocycles. The van der Waals surface area contributed by atoms with Crippen LogP contribution < -0.4 is 5.32 Å². The van der Waals surface area contributed by atoms with Gasteiger partial charge in [-0.15, -0.1) is 0 Å². The number of carboxylic acid groups (broad SMARTS) is 1. The van der Waals surface area contributed by atoms with Crippen LogP contribution in [0.3, 0.4) is 0 Å². The third kappa shape index (κ3) is 5.85.